The fourth-order valence-electron chi connectivity index (χ4n) is 3.09. The van der Waals surface area contributed by atoms with E-state index in [4.69, 9.17) is 0 Å². The predicted octanol–water partition coefficient (Wildman–Crippen LogP) is -2.67. The molecule has 102 valence electrons. The second kappa shape index (κ2) is 5.80. The third-order valence-electron chi connectivity index (χ3n) is 4.28. The Balaban J connectivity index is 1.95. The molecule has 2 aliphatic rings. The minimum atomic E-state index is -0.0949. The highest BCUT2D eigenvalue weighted by Crippen LogP contribution is 2.11. The van der Waals surface area contributed by atoms with Gasteiger partial charge in [-0.25, -0.2) is 0 Å². The maximum atomic E-state index is 12.2. The zero-order valence-corrected chi connectivity index (χ0v) is 11.5. The predicted molar refractivity (Wildman–Crippen MR) is 67.4 cm³/mol. The van der Waals surface area contributed by atoms with E-state index >= 15 is 0 Å². The monoisotopic (exact) mass is 255 g/mol. The number of quaternary nitrogens is 2. The van der Waals surface area contributed by atoms with E-state index in [1.165, 1.54) is 9.80 Å². The second-order valence-corrected chi connectivity index (χ2v) is 5.40. The van der Waals surface area contributed by atoms with Gasteiger partial charge in [-0.2, -0.15) is 0 Å². The Morgan fingerprint density at radius 3 is 2.39 bits per heavy atom. The van der Waals surface area contributed by atoms with Gasteiger partial charge in [-0.1, -0.05) is 6.92 Å². The van der Waals surface area contributed by atoms with Crippen LogP contribution in [0.3, 0.4) is 0 Å². The molecule has 0 radical (unpaired) electrons. The molecule has 2 amide bonds. The van der Waals surface area contributed by atoms with Crippen molar-refractivity contribution in [1.29, 1.82) is 0 Å². The molecule has 0 aromatic rings. The number of nitrogens with zero attached hydrogens (tertiary/aromatic N) is 1. The quantitative estimate of drug-likeness (QED) is 0.538. The van der Waals surface area contributed by atoms with Crippen LogP contribution in [0.15, 0.2) is 0 Å². The molecule has 2 N–H and O–H groups in total. The number of carbonyl (C=O) groups is 2. The fraction of sp³-hybridized carbons (Fsp3) is 0.846. The van der Waals surface area contributed by atoms with Crippen LogP contribution in [-0.4, -0.2) is 62.0 Å². The van der Waals surface area contributed by atoms with Gasteiger partial charge < -0.3 is 9.80 Å². The molecule has 1 atom stereocenters. The molecule has 18 heavy (non-hydrogen) atoms. The van der Waals surface area contributed by atoms with Crippen molar-refractivity contribution < 1.29 is 19.4 Å². The molecule has 0 aromatic heterocycles. The first kappa shape index (κ1) is 13.5. The lowest BCUT2D eigenvalue weighted by molar-refractivity contribution is -1.02. The van der Waals surface area contributed by atoms with Gasteiger partial charge in [0.05, 0.1) is 13.0 Å². The summed E-state index contributed by atoms with van der Waals surface area (Å²) in [5, 5.41) is 0. The van der Waals surface area contributed by atoms with Crippen LogP contribution >= 0.6 is 0 Å². The van der Waals surface area contributed by atoms with E-state index in [1.807, 2.05) is 6.92 Å². The number of piperazine rings is 1. The van der Waals surface area contributed by atoms with Crippen molar-refractivity contribution in [3.05, 3.63) is 0 Å². The number of likely N-dealkylation sites (N-methyl/N-ethyl adjacent to an activating group) is 1. The van der Waals surface area contributed by atoms with E-state index in [0.29, 0.717) is 13.0 Å². The maximum Gasteiger partial charge on any atom is 0.288 e. The smallest absolute Gasteiger partial charge is 0.288 e. The van der Waals surface area contributed by atoms with Gasteiger partial charge in [0.15, 0.2) is 6.04 Å². The molecular weight excluding hydrogens is 230 g/mol. The molecule has 2 heterocycles. The largest absolute Gasteiger partial charge is 0.326 e. The van der Waals surface area contributed by atoms with Gasteiger partial charge in [0.25, 0.3) is 5.91 Å². The minimum Gasteiger partial charge on any atom is -0.326 e. The molecule has 0 aromatic carbocycles. The van der Waals surface area contributed by atoms with E-state index in [2.05, 4.69) is 6.92 Å². The Hall–Kier alpha value is -0.940. The van der Waals surface area contributed by atoms with Crippen molar-refractivity contribution in [2.45, 2.75) is 32.7 Å². The third kappa shape index (κ3) is 2.57. The SMILES string of the molecule is CCCN1C(=O)C[C@H]([NH+]2CC[NH+](CC)CC2)C1=O. The van der Waals surface area contributed by atoms with Crippen molar-refractivity contribution in [2.24, 2.45) is 0 Å². The highest BCUT2D eigenvalue weighted by molar-refractivity contribution is 6.04. The number of likely N-dealkylation sites (tertiary alicyclic amines) is 1. The van der Waals surface area contributed by atoms with Gasteiger partial charge in [0.1, 0.15) is 26.2 Å². The number of hydrogen-bond acceptors (Lipinski definition) is 2. The lowest BCUT2D eigenvalue weighted by Gasteiger charge is -2.31. The van der Waals surface area contributed by atoms with Gasteiger partial charge in [-0.15, -0.1) is 0 Å². The van der Waals surface area contributed by atoms with Gasteiger partial charge >= 0.3 is 0 Å². The number of hydrogen-bond donors (Lipinski definition) is 2. The maximum absolute atomic E-state index is 12.2. The summed E-state index contributed by atoms with van der Waals surface area (Å²) in [5.74, 6) is 0.0985. The van der Waals surface area contributed by atoms with Crippen molar-refractivity contribution in [2.75, 3.05) is 39.3 Å². The number of rotatable bonds is 4. The number of nitrogens with one attached hydrogen (secondary N) is 2. The molecule has 5 heteroatoms. The van der Waals surface area contributed by atoms with Gasteiger partial charge in [0.2, 0.25) is 5.91 Å². The lowest BCUT2D eigenvalue weighted by atomic mass is 10.2. The van der Waals surface area contributed by atoms with Gasteiger partial charge in [-0.3, -0.25) is 14.5 Å². The zero-order valence-electron chi connectivity index (χ0n) is 11.5. The van der Waals surface area contributed by atoms with Crippen LogP contribution in [0.4, 0.5) is 0 Å². The Morgan fingerprint density at radius 1 is 1.17 bits per heavy atom. The molecule has 0 saturated carbocycles. The summed E-state index contributed by atoms with van der Waals surface area (Å²) in [6.07, 6.45) is 1.28. The van der Waals surface area contributed by atoms with E-state index in [9.17, 15) is 9.59 Å². The summed E-state index contributed by atoms with van der Waals surface area (Å²) < 4.78 is 0. The van der Waals surface area contributed by atoms with Crippen LogP contribution in [0.5, 0.6) is 0 Å². The lowest BCUT2D eigenvalue weighted by Crippen LogP contribution is -3.29. The Kier molecular flexibility index (Phi) is 4.35. The number of imide groups is 1. The third-order valence-corrected chi connectivity index (χ3v) is 4.28. The molecule has 0 unspecified atom stereocenters. The van der Waals surface area contributed by atoms with E-state index in [1.54, 1.807) is 4.90 Å². The first-order valence-electron chi connectivity index (χ1n) is 7.19. The normalized spacial score (nSPS) is 33.2. The second-order valence-electron chi connectivity index (χ2n) is 5.40. The van der Waals surface area contributed by atoms with E-state index < -0.39 is 0 Å². The number of amides is 2. The Bertz CT molecular complexity index is 324. The molecule has 2 saturated heterocycles. The van der Waals surface area contributed by atoms with Crippen LogP contribution < -0.4 is 9.80 Å². The van der Waals surface area contributed by atoms with Crippen LogP contribution in [0.1, 0.15) is 26.7 Å². The molecule has 0 bridgehead atoms. The highest BCUT2D eigenvalue weighted by Gasteiger charge is 2.45. The number of carbonyl (C=O) groups excluding carboxylic acids is 2. The van der Waals surface area contributed by atoms with Crippen LogP contribution in [0, 0.1) is 0 Å². The Morgan fingerprint density at radius 2 is 1.83 bits per heavy atom. The van der Waals surface area contributed by atoms with Crippen molar-refractivity contribution in [3.8, 4) is 0 Å². The first-order chi connectivity index (χ1) is 8.67. The van der Waals surface area contributed by atoms with Gasteiger partial charge in [-0.05, 0) is 13.3 Å². The molecule has 2 rings (SSSR count). The summed E-state index contributed by atoms with van der Waals surface area (Å²) in [7, 11) is 0. The topological polar surface area (TPSA) is 46.3 Å². The summed E-state index contributed by atoms with van der Waals surface area (Å²) in [5.41, 5.74) is 0. The van der Waals surface area contributed by atoms with Crippen molar-refractivity contribution >= 4 is 11.8 Å². The van der Waals surface area contributed by atoms with Crippen LogP contribution in [-0.2, 0) is 9.59 Å². The summed E-state index contributed by atoms with van der Waals surface area (Å²) >= 11 is 0. The van der Waals surface area contributed by atoms with Crippen molar-refractivity contribution in [1.82, 2.24) is 4.90 Å². The average Bonchev–Trinajstić information content (AvgIpc) is 2.67. The molecule has 2 fully saturated rings. The van der Waals surface area contributed by atoms with Crippen LogP contribution in [0.25, 0.3) is 0 Å². The van der Waals surface area contributed by atoms with E-state index in [0.717, 1.165) is 39.1 Å². The minimum absolute atomic E-state index is 0.0321. The fourth-order valence-corrected chi connectivity index (χ4v) is 3.09. The summed E-state index contributed by atoms with van der Waals surface area (Å²) in [6, 6.07) is -0.0949. The molecular formula is C13H25N3O2+2. The molecule has 2 aliphatic heterocycles. The Labute approximate surface area is 109 Å². The molecule has 0 spiro atoms. The first-order valence-corrected chi connectivity index (χ1v) is 7.19. The van der Waals surface area contributed by atoms with Gasteiger partial charge in [0, 0.05) is 6.54 Å². The van der Waals surface area contributed by atoms with E-state index in [-0.39, 0.29) is 17.9 Å². The summed E-state index contributed by atoms with van der Waals surface area (Å²) in [4.78, 5) is 28.5. The average molecular weight is 255 g/mol. The van der Waals surface area contributed by atoms with Crippen LogP contribution in [0.2, 0.25) is 0 Å². The van der Waals surface area contributed by atoms with Crippen molar-refractivity contribution in [3.63, 3.8) is 0 Å². The summed E-state index contributed by atoms with van der Waals surface area (Å²) in [6.45, 7) is 10.2. The highest BCUT2D eigenvalue weighted by atomic mass is 16.2. The molecule has 0 aliphatic carbocycles. The standard InChI is InChI=1S/C13H23N3O2/c1-3-5-16-12(17)10-11(13(16)18)15-8-6-14(4-2)7-9-15/h11H,3-10H2,1-2H3/p+2/t11-/m0/s1. The zero-order chi connectivity index (χ0) is 13.1. The molecule has 5 nitrogen and oxygen atoms in total.